The summed E-state index contributed by atoms with van der Waals surface area (Å²) >= 11 is 0. The second-order valence-corrected chi connectivity index (χ2v) is 6.59. The van der Waals surface area contributed by atoms with Crippen molar-refractivity contribution in [3.63, 3.8) is 0 Å². The molecule has 0 unspecified atom stereocenters. The summed E-state index contributed by atoms with van der Waals surface area (Å²) < 4.78 is 7.95. The van der Waals surface area contributed by atoms with Gasteiger partial charge < -0.3 is 19.5 Å². The fourth-order valence-corrected chi connectivity index (χ4v) is 3.07. The highest BCUT2D eigenvalue weighted by molar-refractivity contribution is 5.87. The molecule has 3 rings (SSSR count). The Balaban J connectivity index is 1.61. The van der Waals surface area contributed by atoms with Gasteiger partial charge in [0.25, 0.3) is 0 Å². The molecule has 1 aliphatic rings. The van der Waals surface area contributed by atoms with Crippen LogP contribution >= 0.6 is 0 Å². The van der Waals surface area contributed by atoms with Crippen molar-refractivity contribution in [2.75, 3.05) is 13.1 Å². The van der Waals surface area contributed by atoms with Gasteiger partial charge in [0.15, 0.2) is 0 Å². The topological polar surface area (TPSA) is 87.8 Å². The zero-order valence-electron chi connectivity index (χ0n) is 14.4. The van der Waals surface area contributed by atoms with E-state index >= 15 is 0 Å². The van der Waals surface area contributed by atoms with Crippen molar-refractivity contribution >= 4 is 5.97 Å². The standard InChI is InChI=1S/C18H23N3O4/c1-12(2)21-8-7-19-17(21)11-20-9-15(22)16(10-20)25-14-5-3-13(4-6-14)18(23)24/h3-8,12,15-16,22H,9-11H2,1-2H3,(H,23,24)/t15-,16-/m1/s1. The van der Waals surface area contributed by atoms with Crippen LogP contribution in [0.3, 0.4) is 0 Å². The molecule has 0 aliphatic carbocycles. The van der Waals surface area contributed by atoms with Crippen molar-refractivity contribution in [2.45, 2.75) is 38.6 Å². The Morgan fingerprint density at radius 1 is 1.32 bits per heavy atom. The fraction of sp³-hybridized carbons (Fsp3) is 0.444. The lowest BCUT2D eigenvalue weighted by Gasteiger charge is -2.18. The summed E-state index contributed by atoms with van der Waals surface area (Å²) in [6.07, 6.45) is 2.81. The van der Waals surface area contributed by atoms with Crippen molar-refractivity contribution in [3.8, 4) is 5.75 Å². The van der Waals surface area contributed by atoms with Crippen molar-refractivity contribution in [3.05, 3.63) is 48.0 Å². The molecule has 25 heavy (non-hydrogen) atoms. The zero-order valence-corrected chi connectivity index (χ0v) is 14.4. The number of rotatable bonds is 6. The Kier molecular flexibility index (Phi) is 5.06. The second-order valence-electron chi connectivity index (χ2n) is 6.59. The van der Waals surface area contributed by atoms with Crippen LogP contribution in [0.25, 0.3) is 0 Å². The van der Waals surface area contributed by atoms with Crippen LogP contribution in [0.2, 0.25) is 0 Å². The first-order chi connectivity index (χ1) is 11.9. The number of nitrogens with zero attached hydrogens (tertiary/aromatic N) is 3. The SMILES string of the molecule is CC(C)n1ccnc1CN1C[C@@H](O)[C@H](Oc2ccc(C(=O)O)cc2)C1. The molecule has 0 radical (unpaired) electrons. The number of carboxylic acids is 1. The summed E-state index contributed by atoms with van der Waals surface area (Å²) in [5.74, 6) is 0.549. The van der Waals surface area contributed by atoms with E-state index in [0.29, 0.717) is 31.4 Å². The van der Waals surface area contributed by atoms with E-state index in [9.17, 15) is 9.90 Å². The molecule has 1 aromatic carbocycles. The molecule has 0 amide bonds. The van der Waals surface area contributed by atoms with E-state index < -0.39 is 12.1 Å². The lowest BCUT2D eigenvalue weighted by Crippen LogP contribution is -2.30. The maximum atomic E-state index is 10.9. The number of likely N-dealkylation sites (tertiary alicyclic amines) is 1. The van der Waals surface area contributed by atoms with Gasteiger partial charge in [0, 0.05) is 31.5 Å². The Morgan fingerprint density at radius 3 is 2.68 bits per heavy atom. The molecule has 1 aliphatic heterocycles. The minimum Gasteiger partial charge on any atom is -0.486 e. The van der Waals surface area contributed by atoms with Crippen molar-refractivity contribution in [2.24, 2.45) is 0 Å². The Labute approximate surface area is 146 Å². The number of carbonyl (C=O) groups is 1. The maximum Gasteiger partial charge on any atom is 0.335 e. The zero-order chi connectivity index (χ0) is 18.0. The first kappa shape index (κ1) is 17.4. The predicted octanol–water partition coefficient (Wildman–Crippen LogP) is 1.79. The molecule has 2 atom stereocenters. The molecule has 7 heteroatoms. The minimum atomic E-state index is -0.973. The van der Waals surface area contributed by atoms with Crippen LogP contribution in [0.15, 0.2) is 36.7 Å². The number of aliphatic hydroxyl groups excluding tert-OH is 1. The molecule has 0 spiro atoms. The number of hydrogen-bond donors (Lipinski definition) is 2. The molecule has 0 bridgehead atoms. The Morgan fingerprint density at radius 2 is 2.04 bits per heavy atom. The molecular weight excluding hydrogens is 322 g/mol. The quantitative estimate of drug-likeness (QED) is 0.830. The molecule has 1 aromatic heterocycles. The number of ether oxygens (including phenoxy) is 1. The van der Waals surface area contributed by atoms with E-state index in [1.807, 2.05) is 6.20 Å². The Bertz CT molecular complexity index is 726. The van der Waals surface area contributed by atoms with E-state index in [1.54, 1.807) is 18.3 Å². The molecule has 1 saturated heterocycles. The second kappa shape index (κ2) is 7.25. The van der Waals surface area contributed by atoms with Crippen LogP contribution in [-0.4, -0.2) is 55.9 Å². The first-order valence-corrected chi connectivity index (χ1v) is 8.36. The summed E-state index contributed by atoms with van der Waals surface area (Å²) in [5.41, 5.74) is 0.210. The first-order valence-electron chi connectivity index (χ1n) is 8.36. The highest BCUT2D eigenvalue weighted by Crippen LogP contribution is 2.21. The molecule has 0 saturated carbocycles. The summed E-state index contributed by atoms with van der Waals surface area (Å²) in [7, 11) is 0. The number of aromatic nitrogens is 2. The van der Waals surface area contributed by atoms with Gasteiger partial charge in [-0.3, -0.25) is 4.90 Å². The van der Waals surface area contributed by atoms with Gasteiger partial charge in [-0.05, 0) is 38.1 Å². The number of carboxylic acid groups (broad SMARTS) is 1. The summed E-state index contributed by atoms with van der Waals surface area (Å²) in [6.45, 7) is 5.98. The number of benzene rings is 1. The molecule has 2 N–H and O–H groups in total. The van der Waals surface area contributed by atoms with Crippen LogP contribution in [0.4, 0.5) is 0 Å². The van der Waals surface area contributed by atoms with Gasteiger partial charge in [-0.15, -0.1) is 0 Å². The fourth-order valence-electron chi connectivity index (χ4n) is 3.07. The lowest BCUT2D eigenvalue weighted by molar-refractivity contribution is 0.0693. The van der Waals surface area contributed by atoms with Gasteiger partial charge >= 0.3 is 5.97 Å². The average Bonchev–Trinajstić information content (AvgIpc) is 3.15. The molecule has 134 valence electrons. The lowest BCUT2D eigenvalue weighted by atomic mass is 10.2. The summed E-state index contributed by atoms with van der Waals surface area (Å²) in [6, 6.07) is 6.56. The van der Waals surface area contributed by atoms with Gasteiger partial charge in [-0.2, -0.15) is 0 Å². The molecular formula is C18H23N3O4. The summed E-state index contributed by atoms with van der Waals surface area (Å²) in [5, 5.41) is 19.2. The van der Waals surface area contributed by atoms with Crippen LogP contribution in [-0.2, 0) is 6.54 Å². The van der Waals surface area contributed by atoms with Gasteiger partial charge in [-0.25, -0.2) is 9.78 Å². The van der Waals surface area contributed by atoms with Crippen molar-refractivity contribution in [1.82, 2.24) is 14.5 Å². The molecule has 2 heterocycles. The highest BCUT2D eigenvalue weighted by atomic mass is 16.5. The molecule has 1 fully saturated rings. The largest absolute Gasteiger partial charge is 0.486 e. The van der Waals surface area contributed by atoms with Crippen LogP contribution in [0.1, 0.15) is 36.1 Å². The van der Waals surface area contributed by atoms with Gasteiger partial charge in [0.1, 0.15) is 23.8 Å². The number of aliphatic hydroxyl groups is 1. The number of hydrogen-bond acceptors (Lipinski definition) is 5. The smallest absolute Gasteiger partial charge is 0.335 e. The van der Waals surface area contributed by atoms with E-state index in [1.165, 1.54) is 12.1 Å². The van der Waals surface area contributed by atoms with E-state index in [-0.39, 0.29) is 11.7 Å². The minimum absolute atomic E-state index is 0.210. The van der Waals surface area contributed by atoms with Crippen molar-refractivity contribution in [1.29, 1.82) is 0 Å². The number of β-amino-alcohol motifs (C(OH)–C–C–N with tert-alkyl or cyclic N) is 1. The van der Waals surface area contributed by atoms with Crippen LogP contribution < -0.4 is 4.74 Å². The monoisotopic (exact) mass is 345 g/mol. The molecule has 2 aromatic rings. The van der Waals surface area contributed by atoms with Crippen molar-refractivity contribution < 1.29 is 19.7 Å². The third-order valence-electron chi connectivity index (χ3n) is 4.37. The van der Waals surface area contributed by atoms with E-state index in [2.05, 4.69) is 28.3 Å². The third kappa shape index (κ3) is 4.00. The van der Waals surface area contributed by atoms with E-state index in [4.69, 9.17) is 9.84 Å². The van der Waals surface area contributed by atoms with Gasteiger partial charge in [0.2, 0.25) is 0 Å². The number of aromatic carboxylic acids is 1. The average molecular weight is 345 g/mol. The normalized spacial score (nSPS) is 21.0. The van der Waals surface area contributed by atoms with Gasteiger partial charge in [-0.1, -0.05) is 0 Å². The van der Waals surface area contributed by atoms with Gasteiger partial charge in [0.05, 0.1) is 12.1 Å². The maximum absolute atomic E-state index is 10.9. The molecule has 7 nitrogen and oxygen atoms in total. The Hall–Kier alpha value is -2.38. The highest BCUT2D eigenvalue weighted by Gasteiger charge is 2.33. The number of imidazole rings is 1. The van der Waals surface area contributed by atoms with Crippen LogP contribution in [0.5, 0.6) is 5.75 Å². The summed E-state index contributed by atoms with van der Waals surface area (Å²) in [4.78, 5) is 17.4. The van der Waals surface area contributed by atoms with Crippen LogP contribution in [0, 0.1) is 0 Å². The predicted molar refractivity (Wildman–Crippen MR) is 91.7 cm³/mol. The third-order valence-corrected chi connectivity index (χ3v) is 4.37. The van der Waals surface area contributed by atoms with E-state index in [0.717, 1.165) is 5.82 Å².